The van der Waals surface area contributed by atoms with Crippen molar-refractivity contribution < 1.29 is 57.6 Å². The second-order valence-corrected chi connectivity index (χ2v) is 26.9. The number of carbonyl (C=O) groups is 7. The number of halogens is 3. The lowest BCUT2D eigenvalue weighted by Crippen LogP contribution is -2.26. The summed E-state index contributed by atoms with van der Waals surface area (Å²) in [6.07, 6.45) is 17.0. The fraction of sp³-hybridized carbons (Fsp3) is 0.308. The number of benzene rings is 2. The van der Waals surface area contributed by atoms with Crippen molar-refractivity contribution >= 4 is 125 Å². The number of hydrogen-bond acceptors (Lipinski definition) is 17. The van der Waals surface area contributed by atoms with Gasteiger partial charge in [-0.05, 0) is 184 Å². The summed E-state index contributed by atoms with van der Waals surface area (Å²) >= 11 is 14.4. The maximum atomic E-state index is 12.3. The van der Waals surface area contributed by atoms with Crippen LogP contribution >= 0.6 is 39.1 Å². The van der Waals surface area contributed by atoms with Crippen molar-refractivity contribution in [2.75, 3.05) is 25.3 Å². The Balaban J connectivity index is 0.000000179. The molecule has 101 heavy (non-hydrogen) atoms. The van der Waals surface area contributed by atoms with Crippen molar-refractivity contribution in [3.05, 3.63) is 218 Å². The molecule has 12 rings (SSSR count). The molecule has 3 N–H and O–H groups in total. The van der Waals surface area contributed by atoms with Gasteiger partial charge >= 0.3 is 17.9 Å². The molecule has 3 aliphatic carbocycles. The van der Waals surface area contributed by atoms with E-state index in [0.717, 1.165) is 106 Å². The lowest BCUT2D eigenvalue weighted by Gasteiger charge is -2.19. The smallest absolute Gasteiger partial charge is 0.326 e. The highest BCUT2D eigenvalue weighted by atomic mass is 79.9. The van der Waals surface area contributed by atoms with Gasteiger partial charge in [0, 0.05) is 87.2 Å². The molecule has 0 amide bonds. The summed E-state index contributed by atoms with van der Waals surface area (Å²) in [5, 5.41) is 11.5. The molecule has 0 atom stereocenters. The van der Waals surface area contributed by atoms with Crippen molar-refractivity contribution in [2.45, 2.75) is 138 Å². The fourth-order valence-electron chi connectivity index (χ4n) is 10.8. The van der Waals surface area contributed by atoms with Gasteiger partial charge in [-0.1, -0.05) is 99.8 Å². The molecular weight excluding hydrogens is 1390 g/mol. The molecule has 7 aromatic heterocycles. The molecule has 528 valence electrons. The van der Waals surface area contributed by atoms with Crippen LogP contribution in [0.4, 0.5) is 5.82 Å². The number of esters is 2. The molecule has 2 aromatic carbocycles. The van der Waals surface area contributed by atoms with Gasteiger partial charge in [0.05, 0.1) is 31.3 Å². The van der Waals surface area contributed by atoms with Crippen LogP contribution in [0.2, 0.25) is 10.3 Å². The summed E-state index contributed by atoms with van der Waals surface area (Å²) in [5.41, 5.74) is 18.8. The number of carbonyl (C=O) groups excluding carboxylic acids is 6. The summed E-state index contributed by atoms with van der Waals surface area (Å²) in [6.45, 7) is 16.9. The van der Waals surface area contributed by atoms with Gasteiger partial charge in [-0.3, -0.25) is 38.5 Å². The van der Waals surface area contributed by atoms with Gasteiger partial charge in [-0.25, -0.2) is 19.9 Å². The summed E-state index contributed by atoms with van der Waals surface area (Å²) in [6, 6.07) is 34.6. The number of carboxylic acid groups (broad SMARTS) is 1. The normalized spacial score (nSPS) is 12.1. The number of ketones is 4. The number of aliphatic carboxylic acids is 1. The molecule has 9 aromatic rings. The molecule has 0 radical (unpaired) electrons. The van der Waals surface area contributed by atoms with Crippen molar-refractivity contribution in [3.63, 3.8) is 0 Å². The molecule has 3 aliphatic rings. The number of Topliss-reactive ketones (excluding diaryl/α,β-unsaturated/α-hetero) is 4. The number of fused-ring (bicyclic) bond motifs is 5. The van der Waals surface area contributed by atoms with Gasteiger partial charge in [0.15, 0.2) is 23.1 Å². The van der Waals surface area contributed by atoms with Crippen molar-refractivity contribution in [3.8, 4) is 11.5 Å². The number of allylic oxidation sites excluding steroid dienone is 5. The van der Waals surface area contributed by atoms with E-state index in [0.29, 0.717) is 44.5 Å². The third-order valence-corrected chi connectivity index (χ3v) is 16.3. The van der Waals surface area contributed by atoms with Crippen LogP contribution < -0.4 is 15.2 Å². The predicted octanol–water partition coefficient (Wildman–Crippen LogP) is 15.0. The predicted molar refractivity (Wildman–Crippen MR) is 398 cm³/mol. The maximum absolute atomic E-state index is 12.3. The van der Waals surface area contributed by atoms with E-state index in [4.69, 9.17) is 63.0 Å². The number of ether oxygens (including phenoxy) is 4. The molecule has 0 aliphatic heterocycles. The van der Waals surface area contributed by atoms with Crippen molar-refractivity contribution in [2.24, 2.45) is 0 Å². The number of pyridine rings is 5. The fourth-order valence-corrected chi connectivity index (χ4v) is 11.3. The Hall–Kier alpha value is -9.96. The van der Waals surface area contributed by atoms with Crippen LogP contribution in [0.15, 0.2) is 140 Å². The first-order valence-corrected chi connectivity index (χ1v) is 34.3. The lowest BCUT2D eigenvalue weighted by molar-refractivity contribution is -0.155. The van der Waals surface area contributed by atoms with E-state index < -0.39 is 11.6 Å². The Labute approximate surface area is 606 Å². The highest BCUT2D eigenvalue weighted by Gasteiger charge is 2.23. The first kappa shape index (κ1) is 78.4. The number of nitrogens with zero attached hydrogens (tertiary/aromatic N) is 7. The Kier molecular flexibility index (Phi) is 27.8. The summed E-state index contributed by atoms with van der Waals surface area (Å²) in [4.78, 5) is 102. The Morgan fingerprint density at radius 3 is 1.44 bits per heavy atom. The van der Waals surface area contributed by atoms with Gasteiger partial charge < -0.3 is 38.9 Å². The molecule has 0 unspecified atom stereocenters. The van der Waals surface area contributed by atoms with E-state index in [2.05, 4.69) is 55.2 Å². The number of carboxylic acids is 1. The molecule has 7 heterocycles. The average molecular weight is 1480 g/mol. The molecule has 20 nitrogen and oxygen atoms in total. The maximum Gasteiger partial charge on any atom is 0.326 e. The van der Waals surface area contributed by atoms with Crippen molar-refractivity contribution in [1.82, 2.24) is 34.1 Å². The van der Waals surface area contributed by atoms with Gasteiger partial charge in [-0.2, -0.15) is 0 Å². The number of rotatable bonds is 17. The highest BCUT2D eigenvalue weighted by molar-refractivity contribution is 9.09. The van der Waals surface area contributed by atoms with E-state index in [1.165, 1.54) is 41.3 Å². The minimum Gasteiger partial charge on any atom is -0.497 e. The van der Waals surface area contributed by atoms with Gasteiger partial charge in [0.25, 0.3) is 0 Å². The molecule has 0 saturated heterocycles. The number of alkyl halides is 1. The van der Waals surface area contributed by atoms with Crippen molar-refractivity contribution in [1.29, 1.82) is 0 Å². The third-order valence-electron chi connectivity index (χ3n) is 15.4. The van der Waals surface area contributed by atoms with E-state index in [9.17, 15) is 33.6 Å². The van der Waals surface area contributed by atoms with Crippen LogP contribution in [0.1, 0.15) is 146 Å². The zero-order valence-corrected chi connectivity index (χ0v) is 61.8. The number of aryl methyl sites for hydroxylation is 4. The average Bonchev–Trinajstić information content (AvgIpc) is 1.66. The van der Waals surface area contributed by atoms with Crippen LogP contribution in [0.3, 0.4) is 0 Å². The molecule has 0 fully saturated rings. The summed E-state index contributed by atoms with van der Waals surface area (Å²) < 4.78 is 23.8. The Morgan fingerprint density at radius 2 is 0.960 bits per heavy atom. The SMILES string of the molecule is CC(=O)C1=CCc2nc(Cl)ccc21.CC(=O)c1cn(CC(=O)O)c2nc(N)ccc12.CC(C)(C)OC(=O)CBr.COc1ccc(CCc2ccc3c(C(C)=O)cn(CC(=O)OC(C)(C)C)c3n2)cc1.COc1ccc(CCc2ccc3c(n2)CC=C3C(C)=O)cc1.Clc1ccc2c(n1)CC=C2. The number of nitrogens with two attached hydrogens (primary N) is 1. The van der Waals surface area contributed by atoms with E-state index in [1.54, 1.807) is 57.0 Å². The summed E-state index contributed by atoms with van der Waals surface area (Å²) in [7, 11) is 3.32. The first-order valence-electron chi connectivity index (χ1n) is 32.4. The molecule has 0 saturated carbocycles. The monoisotopic (exact) mass is 1470 g/mol. The van der Waals surface area contributed by atoms with Gasteiger partial charge in [0.1, 0.15) is 68.5 Å². The number of nitrogen functional groups attached to an aromatic ring is 1. The number of anilines is 1. The second kappa shape index (κ2) is 35.9. The molecule has 0 bridgehead atoms. The van der Waals surface area contributed by atoms with Crippen LogP contribution in [-0.2, 0) is 91.5 Å². The highest BCUT2D eigenvalue weighted by Crippen LogP contribution is 2.30. The standard InChI is InChI=1S/C24H28N2O4.C19H19NO2.C11H11N3O3.C10H8ClNO.C8H6ClN.C6H11BrO2/c1-16(27)21-14-26(15-22(28)30-24(2,3)4)23-20(21)13-10-18(25-23)9-6-17-7-11-19(29-5)12-8-17;1-13(21)17-11-12-19-18(17)10-7-15(20-19)6-3-14-4-8-16(22-2)9-5-14;1-6(15)8-4-14(5-10(16)17)11-7(8)2-3-9(12)13-11;1-6(13)7-2-4-9-8(7)3-5-10(11)12-9;9-8-5-4-6-2-1-3-7(6)10-8;1-6(2,3)9-5(8)4-7/h7-8,10-14H,6,9,15H2,1-5H3;4-5,7-11H,3,6,12H2,1-2H3;2-4H,5H2,1H3,(H2,12,13)(H,16,17);2-3,5H,4H2,1H3;1-2,4-5H,3H2;4H2,1-3H3. The van der Waals surface area contributed by atoms with Gasteiger partial charge in [-0.15, -0.1) is 0 Å². The topological polar surface area (TPSA) is 277 Å². The Morgan fingerprint density at radius 1 is 0.515 bits per heavy atom. The quantitative estimate of drug-likeness (QED) is 0.0371. The molecule has 23 heteroatoms. The number of hydrogen-bond donors (Lipinski definition) is 2. The van der Waals surface area contributed by atoms with Crippen LogP contribution in [0, 0.1) is 0 Å². The lowest BCUT2D eigenvalue weighted by atomic mass is 10.0. The zero-order chi connectivity index (χ0) is 73.9. The molecule has 0 spiro atoms. The third kappa shape index (κ3) is 23.3. The first-order chi connectivity index (χ1) is 47.8. The minimum atomic E-state index is -0.999. The molecular formula is C78H83BrCl2N8O12. The minimum absolute atomic E-state index is 0.00990. The Bertz CT molecular complexity index is 4620. The number of methoxy groups -OCH3 is 2. The summed E-state index contributed by atoms with van der Waals surface area (Å²) in [5.74, 6) is 0.425. The van der Waals surface area contributed by atoms with Gasteiger partial charge in [0.2, 0.25) is 0 Å². The largest absolute Gasteiger partial charge is 0.497 e. The van der Waals surface area contributed by atoms with E-state index >= 15 is 0 Å². The van der Waals surface area contributed by atoms with E-state index in [-0.39, 0.29) is 64.9 Å². The second-order valence-electron chi connectivity index (χ2n) is 25.6. The zero-order valence-electron chi connectivity index (χ0n) is 58.7. The van der Waals surface area contributed by atoms with Crippen LogP contribution in [-0.4, -0.2) is 111 Å². The van der Waals surface area contributed by atoms with E-state index in [1.807, 2.05) is 133 Å². The van der Waals surface area contributed by atoms with Crippen LogP contribution in [0.25, 0.3) is 39.3 Å². The van der Waals surface area contributed by atoms with Crippen LogP contribution in [0.5, 0.6) is 11.5 Å². The number of aromatic nitrogens is 7.